The van der Waals surface area contributed by atoms with Crippen molar-refractivity contribution in [2.75, 3.05) is 26.2 Å². The summed E-state index contributed by atoms with van der Waals surface area (Å²) in [5.74, 6) is 2.24. The number of piperidine rings is 1. The lowest BCUT2D eigenvalue weighted by atomic mass is 9.97. The highest BCUT2D eigenvalue weighted by Crippen LogP contribution is 2.30. The van der Waals surface area contributed by atoms with Crippen molar-refractivity contribution in [1.82, 2.24) is 15.2 Å². The third kappa shape index (κ3) is 6.35. The molecular formula is C23H26F3N3O3. The lowest BCUT2D eigenvalue weighted by Crippen LogP contribution is -2.42. The topological polar surface area (TPSA) is 63.7 Å². The molecule has 4 rings (SSSR count). The molecule has 1 aromatic carbocycles. The second-order valence-electron chi connectivity index (χ2n) is 8.36. The molecule has 1 amide bonds. The lowest BCUT2D eigenvalue weighted by Gasteiger charge is -2.31. The van der Waals surface area contributed by atoms with E-state index >= 15 is 0 Å². The number of hydrogen-bond donors (Lipinski definition) is 1. The van der Waals surface area contributed by atoms with Crippen LogP contribution >= 0.6 is 0 Å². The van der Waals surface area contributed by atoms with Gasteiger partial charge >= 0.3 is 12.3 Å². The van der Waals surface area contributed by atoms with Crippen LogP contribution in [0.3, 0.4) is 0 Å². The zero-order valence-electron chi connectivity index (χ0n) is 17.6. The number of rotatable bonds is 7. The maximum atomic E-state index is 12.6. The van der Waals surface area contributed by atoms with Crippen molar-refractivity contribution in [1.29, 1.82) is 0 Å². The molecule has 1 aliphatic carbocycles. The number of alkyl halides is 3. The van der Waals surface area contributed by atoms with Gasteiger partial charge in [-0.15, -0.1) is 0 Å². The monoisotopic (exact) mass is 449 g/mol. The number of pyridine rings is 1. The van der Waals surface area contributed by atoms with E-state index in [1.165, 1.54) is 12.8 Å². The molecule has 0 unspecified atom stereocenters. The van der Waals surface area contributed by atoms with Gasteiger partial charge in [0.05, 0.1) is 5.56 Å². The molecule has 0 spiro atoms. The fraction of sp³-hybridized carbons (Fsp3) is 0.478. The van der Waals surface area contributed by atoms with E-state index in [9.17, 15) is 18.0 Å². The molecule has 1 saturated carbocycles. The predicted octanol–water partition coefficient (Wildman–Crippen LogP) is 5.10. The highest BCUT2D eigenvalue weighted by Gasteiger charge is 2.30. The Morgan fingerprint density at radius 3 is 2.16 bits per heavy atom. The SMILES string of the molecule is O=C(Oc1ccc(Oc2ccc(C(F)(F)F)cn2)cc1)N1CCC(CNCC2CC2)CC1. The van der Waals surface area contributed by atoms with Crippen LogP contribution in [0, 0.1) is 11.8 Å². The standard InChI is InChI=1S/C23H26F3N3O3/c24-23(25,26)18-3-8-21(28-15-18)31-19-4-6-20(7-5-19)32-22(30)29-11-9-17(10-12-29)14-27-13-16-1-2-16/h3-8,15-17,27H,1-2,9-14H2. The fourth-order valence-corrected chi connectivity index (χ4v) is 3.60. The number of likely N-dealkylation sites (tertiary alicyclic amines) is 1. The number of carbonyl (C=O) groups is 1. The molecule has 0 bridgehead atoms. The van der Waals surface area contributed by atoms with Gasteiger partial charge in [-0.05, 0) is 80.9 Å². The molecule has 2 aliphatic rings. The van der Waals surface area contributed by atoms with Gasteiger partial charge in [0.15, 0.2) is 0 Å². The number of hydrogen-bond acceptors (Lipinski definition) is 5. The Balaban J connectivity index is 1.21. The van der Waals surface area contributed by atoms with Gasteiger partial charge in [-0.1, -0.05) is 0 Å². The third-order valence-corrected chi connectivity index (χ3v) is 5.75. The Labute approximate surface area is 184 Å². The summed E-state index contributed by atoms with van der Waals surface area (Å²) in [6.45, 7) is 3.47. The molecule has 2 aromatic rings. The molecule has 2 heterocycles. The fourth-order valence-electron chi connectivity index (χ4n) is 3.60. The lowest BCUT2D eigenvalue weighted by molar-refractivity contribution is -0.137. The Hall–Kier alpha value is -2.81. The molecule has 0 radical (unpaired) electrons. The van der Waals surface area contributed by atoms with Gasteiger partial charge in [-0.25, -0.2) is 9.78 Å². The molecule has 0 atom stereocenters. The van der Waals surface area contributed by atoms with E-state index in [4.69, 9.17) is 9.47 Å². The summed E-state index contributed by atoms with van der Waals surface area (Å²) >= 11 is 0. The van der Waals surface area contributed by atoms with Crippen LogP contribution in [-0.2, 0) is 6.18 Å². The second kappa shape index (κ2) is 9.77. The van der Waals surface area contributed by atoms with Crippen molar-refractivity contribution in [3.63, 3.8) is 0 Å². The Kier molecular flexibility index (Phi) is 6.83. The first-order chi connectivity index (χ1) is 15.4. The van der Waals surface area contributed by atoms with Gasteiger partial charge in [-0.3, -0.25) is 0 Å². The van der Waals surface area contributed by atoms with Crippen LogP contribution in [0.5, 0.6) is 17.4 Å². The predicted molar refractivity (Wildman–Crippen MR) is 112 cm³/mol. The number of nitrogens with one attached hydrogen (secondary N) is 1. The zero-order chi connectivity index (χ0) is 22.6. The van der Waals surface area contributed by atoms with Crippen molar-refractivity contribution in [2.45, 2.75) is 31.9 Å². The number of amides is 1. The van der Waals surface area contributed by atoms with Crippen LogP contribution < -0.4 is 14.8 Å². The van der Waals surface area contributed by atoms with Crippen molar-refractivity contribution in [3.8, 4) is 17.4 Å². The first kappa shape index (κ1) is 22.4. The summed E-state index contributed by atoms with van der Waals surface area (Å²) < 4.78 is 48.7. The number of aromatic nitrogens is 1. The van der Waals surface area contributed by atoms with Crippen LogP contribution in [0.25, 0.3) is 0 Å². The van der Waals surface area contributed by atoms with Gasteiger partial charge in [-0.2, -0.15) is 13.2 Å². The highest BCUT2D eigenvalue weighted by atomic mass is 19.4. The first-order valence-corrected chi connectivity index (χ1v) is 10.9. The molecule has 1 N–H and O–H groups in total. The summed E-state index contributed by atoms with van der Waals surface area (Å²) in [6, 6.07) is 8.35. The van der Waals surface area contributed by atoms with Crippen molar-refractivity contribution in [3.05, 3.63) is 48.2 Å². The molecule has 9 heteroatoms. The number of nitrogens with zero attached hydrogens (tertiary/aromatic N) is 2. The summed E-state index contributed by atoms with van der Waals surface area (Å²) in [5.41, 5.74) is -0.842. The minimum absolute atomic E-state index is 0.0391. The zero-order valence-corrected chi connectivity index (χ0v) is 17.6. The van der Waals surface area contributed by atoms with Crippen LogP contribution in [0.2, 0.25) is 0 Å². The number of halogens is 3. The Morgan fingerprint density at radius 2 is 1.59 bits per heavy atom. The van der Waals surface area contributed by atoms with E-state index in [2.05, 4.69) is 10.3 Å². The third-order valence-electron chi connectivity index (χ3n) is 5.75. The Morgan fingerprint density at radius 1 is 0.969 bits per heavy atom. The summed E-state index contributed by atoms with van der Waals surface area (Å²) in [5, 5.41) is 3.53. The summed E-state index contributed by atoms with van der Waals surface area (Å²) in [7, 11) is 0. The summed E-state index contributed by atoms with van der Waals surface area (Å²) in [6.07, 6.45) is 0.496. The minimum Gasteiger partial charge on any atom is -0.439 e. The largest absolute Gasteiger partial charge is 0.439 e. The van der Waals surface area contributed by atoms with Gasteiger partial charge in [0.25, 0.3) is 0 Å². The van der Waals surface area contributed by atoms with E-state index in [1.54, 1.807) is 29.2 Å². The average molecular weight is 449 g/mol. The van der Waals surface area contributed by atoms with Crippen LogP contribution in [0.1, 0.15) is 31.2 Å². The molecule has 6 nitrogen and oxygen atoms in total. The smallest absolute Gasteiger partial charge is 0.417 e. The highest BCUT2D eigenvalue weighted by molar-refractivity contribution is 5.70. The van der Waals surface area contributed by atoms with Crippen molar-refractivity contribution in [2.24, 2.45) is 11.8 Å². The van der Waals surface area contributed by atoms with Crippen LogP contribution in [-0.4, -0.2) is 42.2 Å². The van der Waals surface area contributed by atoms with E-state index in [0.717, 1.165) is 50.2 Å². The number of benzene rings is 1. The van der Waals surface area contributed by atoms with E-state index in [1.807, 2.05) is 0 Å². The second-order valence-corrected chi connectivity index (χ2v) is 8.36. The minimum atomic E-state index is -4.45. The van der Waals surface area contributed by atoms with Crippen LogP contribution in [0.4, 0.5) is 18.0 Å². The summed E-state index contributed by atoms with van der Waals surface area (Å²) in [4.78, 5) is 17.8. The molecule has 1 aromatic heterocycles. The Bertz CT molecular complexity index is 891. The normalized spacial score (nSPS) is 17.3. The van der Waals surface area contributed by atoms with Gasteiger partial charge < -0.3 is 19.7 Å². The number of ether oxygens (including phenoxy) is 2. The molecule has 1 aliphatic heterocycles. The number of carbonyl (C=O) groups excluding carboxylic acids is 1. The van der Waals surface area contributed by atoms with Gasteiger partial charge in [0, 0.05) is 25.4 Å². The average Bonchev–Trinajstić information content (AvgIpc) is 3.60. The van der Waals surface area contributed by atoms with Gasteiger partial charge in [0.2, 0.25) is 5.88 Å². The van der Waals surface area contributed by atoms with Crippen LogP contribution in [0.15, 0.2) is 42.6 Å². The molecule has 32 heavy (non-hydrogen) atoms. The van der Waals surface area contributed by atoms with E-state index < -0.39 is 11.7 Å². The van der Waals surface area contributed by atoms with Crippen molar-refractivity contribution >= 4 is 6.09 Å². The maximum Gasteiger partial charge on any atom is 0.417 e. The maximum absolute atomic E-state index is 12.6. The molecule has 172 valence electrons. The quantitative estimate of drug-likeness (QED) is 0.637. The van der Waals surface area contributed by atoms with Gasteiger partial charge in [0.1, 0.15) is 11.5 Å². The molecular weight excluding hydrogens is 423 g/mol. The first-order valence-electron chi connectivity index (χ1n) is 10.9. The molecule has 1 saturated heterocycles. The van der Waals surface area contributed by atoms with Crippen molar-refractivity contribution < 1.29 is 27.4 Å². The van der Waals surface area contributed by atoms with E-state index in [-0.39, 0.29) is 12.0 Å². The van der Waals surface area contributed by atoms with E-state index in [0.29, 0.717) is 30.5 Å². The molecule has 2 fully saturated rings.